The lowest BCUT2D eigenvalue weighted by Gasteiger charge is -2.04. The van der Waals surface area contributed by atoms with Gasteiger partial charge in [0, 0.05) is 12.4 Å². The molecule has 0 saturated carbocycles. The van der Waals surface area contributed by atoms with Crippen LogP contribution in [-0.4, -0.2) is 30.1 Å². The van der Waals surface area contributed by atoms with Crippen molar-refractivity contribution in [3.8, 4) is 6.07 Å². The number of hydrogen-bond donors (Lipinski definition) is 1. The van der Waals surface area contributed by atoms with Crippen LogP contribution in [-0.2, 0) is 14.3 Å². The molecule has 1 N–H and O–H groups in total. The third-order valence-electron chi connectivity index (χ3n) is 2.25. The molecule has 1 aromatic rings. The lowest BCUT2D eigenvalue weighted by Crippen LogP contribution is -2.08. The number of anilines is 1. The van der Waals surface area contributed by atoms with Crippen LogP contribution < -0.4 is 5.32 Å². The molecule has 1 aromatic heterocycles. The van der Waals surface area contributed by atoms with E-state index < -0.39 is 11.9 Å². The van der Waals surface area contributed by atoms with Gasteiger partial charge in [-0.3, -0.25) is 0 Å². The Balaban J connectivity index is 2.73. The minimum Gasteiger partial charge on any atom is -0.462 e. The molecule has 21 heavy (non-hydrogen) atoms. The molecule has 0 radical (unpaired) electrons. The van der Waals surface area contributed by atoms with Gasteiger partial charge in [-0.2, -0.15) is 5.26 Å². The summed E-state index contributed by atoms with van der Waals surface area (Å²) in [7, 11) is 0. The molecule has 0 spiro atoms. The number of ether oxygens (including phenoxy) is 2. The van der Waals surface area contributed by atoms with Crippen LogP contribution in [0.2, 0.25) is 0 Å². The van der Waals surface area contributed by atoms with E-state index in [9.17, 15) is 9.59 Å². The Hall–Kier alpha value is -2.88. The van der Waals surface area contributed by atoms with Gasteiger partial charge in [0.25, 0.3) is 0 Å². The maximum Gasteiger partial charge on any atom is 0.350 e. The Morgan fingerprint density at radius 3 is 2.57 bits per heavy atom. The molecule has 0 amide bonds. The van der Waals surface area contributed by atoms with Crippen LogP contribution in [0.25, 0.3) is 0 Å². The van der Waals surface area contributed by atoms with Crippen molar-refractivity contribution < 1.29 is 19.1 Å². The maximum atomic E-state index is 11.4. The summed E-state index contributed by atoms with van der Waals surface area (Å²) in [5, 5.41) is 11.5. The van der Waals surface area contributed by atoms with Gasteiger partial charge in [0.15, 0.2) is 5.57 Å². The van der Waals surface area contributed by atoms with Gasteiger partial charge in [-0.05, 0) is 26.0 Å². The van der Waals surface area contributed by atoms with Crippen molar-refractivity contribution in [3.05, 3.63) is 35.7 Å². The molecule has 0 fully saturated rings. The van der Waals surface area contributed by atoms with Crippen molar-refractivity contribution in [3.63, 3.8) is 0 Å². The molecule has 0 unspecified atom stereocenters. The molecule has 7 heteroatoms. The van der Waals surface area contributed by atoms with Gasteiger partial charge in [0.2, 0.25) is 0 Å². The second-order valence-electron chi connectivity index (χ2n) is 3.69. The molecule has 1 rings (SSSR count). The molecular formula is C14H15N3O4. The maximum absolute atomic E-state index is 11.4. The van der Waals surface area contributed by atoms with Crippen molar-refractivity contribution in [1.29, 1.82) is 5.26 Å². The number of nitriles is 1. The van der Waals surface area contributed by atoms with E-state index in [1.54, 1.807) is 19.9 Å². The standard InChI is InChI=1S/C14H15N3O4/c1-3-20-13(18)10-5-6-12(16-8-10)17-9-11(7-15)14(19)21-4-2/h5-6,8-9H,3-4H2,1-2H3,(H,16,17). The first kappa shape index (κ1) is 16.2. The molecule has 7 nitrogen and oxygen atoms in total. The Labute approximate surface area is 122 Å². The highest BCUT2D eigenvalue weighted by molar-refractivity contribution is 5.93. The number of carbonyl (C=O) groups excluding carboxylic acids is 2. The Kier molecular flexibility index (Phi) is 6.41. The number of rotatable bonds is 6. The number of hydrogen-bond acceptors (Lipinski definition) is 7. The average Bonchev–Trinajstić information content (AvgIpc) is 2.49. The third kappa shape index (κ3) is 4.95. The van der Waals surface area contributed by atoms with Crippen LogP contribution in [0.4, 0.5) is 5.82 Å². The number of aromatic nitrogens is 1. The van der Waals surface area contributed by atoms with Crippen molar-refractivity contribution in [1.82, 2.24) is 4.98 Å². The van der Waals surface area contributed by atoms with Gasteiger partial charge in [0.05, 0.1) is 18.8 Å². The molecule has 1 heterocycles. The zero-order valence-electron chi connectivity index (χ0n) is 11.8. The topological polar surface area (TPSA) is 101 Å². The SMILES string of the molecule is CCOC(=O)C(C#N)=CNc1ccc(C(=O)OCC)cn1. The van der Waals surface area contributed by atoms with E-state index in [-0.39, 0.29) is 18.8 Å². The first-order chi connectivity index (χ1) is 10.1. The van der Waals surface area contributed by atoms with Crippen LogP contribution in [0.5, 0.6) is 0 Å². The lowest BCUT2D eigenvalue weighted by molar-refractivity contribution is -0.138. The van der Waals surface area contributed by atoms with Crippen molar-refractivity contribution in [2.45, 2.75) is 13.8 Å². The van der Waals surface area contributed by atoms with Gasteiger partial charge in [-0.25, -0.2) is 14.6 Å². The summed E-state index contributed by atoms with van der Waals surface area (Å²) in [5.74, 6) is -0.799. The number of esters is 2. The van der Waals surface area contributed by atoms with Gasteiger partial charge in [-0.15, -0.1) is 0 Å². The largest absolute Gasteiger partial charge is 0.462 e. The zero-order valence-corrected chi connectivity index (χ0v) is 11.8. The monoisotopic (exact) mass is 289 g/mol. The Morgan fingerprint density at radius 1 is 1.33 bits per heavy atom. The van der Waals surface area contributed by atoms with Crippen molar-refractivity contribution >= 4 is 17.8 Å². The predicted molar refractivity (Wildman–Crippen MR) is 74.1 cm³/mol. The highest BCUT2D eigenvalue weighted by Gasteiger charge is 2.10. The molecule has 0 saturated heterocycles. The van der Waals surface area contributed by atoms with Crippen LogP contribution >= 0.6 is 0 Å². The van der Waals surface area contributed by atoms with Crippen molar-refractivity contribution in [2.75, 3.05) is 18.5 Å². The molecule has 0 aliphatic carbocycles. The third-order valence-corrected chi connectivity index (χ3v) is 2.25. The predicted octanol–water partition coefficient (Wildman–Crippen LogP) is 1.64. The van der Waals surface area contributed by atoms with Gasteiger partial charge in [0.1, 0.15) is 11.9 Å². The molecule has 0 atom stereocenters. The summed E-state index contributed by atoms with van der Waals surface area (Å²) in [6, 6.07) is 4.78. The highest BCUT2D eigenvalue weighted by Crippen LogP contribution is 2.07. The number of nitrogens with zero attached hydrogens (tertiary/aromatic N) is 2. The van der Waals surface area contributed by atoms with Crippen LogP contribution in [0.1, 0.15) is 24.2 Å². The van der Waals surface area contributed by atoms with Crippen molar-refractivity contribution in [2.24, 2.45) is 0 Å². The van der Waals surface area contributed by atoms with E-state index in [0.29, 0.717) is 11.4 Å². The fraction of sp³-hybridized carbons (Fsp3) is 0.286. The molecule has 0 bridgehead atoms. The summed E-state index contributed by atoms with van der Waals surface area (Å²) >= 11 is 0. The lowest BCUT2D eigenvalue weighted by atomic mass is 10.3. The van der Waals surface area contributed by atoms with E-state index in [2.05, 4.69) is 10.3 Å². The fourth-order valence-electron chi connectivity index (χ4n) is 1.31. The molecular weight excluding hydrogens is 274 g/mol. The van der Waals surface area contributed by atoms with Crippen LogP contribution in [0.15, 0.2) is 30.1 Å². The second-order valence-corrected chi connectivity index (χ2v) is 3.69. The normalized spacial score (nSPS) is 10.4. The molecule has 0 aliphatic heterocycles. The molecule has 0 aromatic carbocycles. The van der Waals surface area contributed by atoms with E-state index in [1.807, 2.05) is 0 Å². The van der Waals surface area contributed by atoms with Gasteiger partial charge < -0.3 is 14.8 Å². The summed E-state index contributed by atoms with van der Waals surface area (Å²) in [6.07, 6.45) is 2.54. The minimum atomic E-state index is -0.712. The fourth-order valence-corrected chi connectivity index (χ4v) is 1.31. The highest BCUT2D eigenvalue weighted by atomic mass is 16.5. The van der Waals surface area contributed by atoms with E-state index in [1.165, 1.54) is 24.5 Å². The summed E-state index contributed by atoms with van der Waals surface area (Å²) in [4.78, 5) is 26.8. The smallest absolute Gasteiger partial charge is 0.350 e. The Morgan fingerprint density at radius 2 is 2.05 bits per heavy atom. The second kappa shape index (κ2) is 8.32. The minimum absolute atomic E-state index is 0.173. The summed E-state index contributed by atoms with van der Waals surface area (Å²) in [5.41, 5.74) is 0.144. The van der Waals surface area contributed by atoms with E-state index in [0.717, 1.165) is 0 Å². The number of pyridine rings is 1. The van der Waals surface area contributed by atoms with Gasteiger partial charge in [-0.1, -0.05) is 0 Å². The average molecular weight is 289 g/mol. The quantitative estimate of drug-likeness (QED) is 0.482. The number of carbonyl (C=O) groups is 2. The van der Waals surface area contributed by atoms with Crippen LogP contribution in [0, 0.1) is 11.3 Å². The van der Waals surface area contributed by atoms with E-state index in [4.69, 9.17) is 14.7 Å². The summed E-state index contributed by atoms with van der Waals surface area (Å²) in [6.45, 7) is 3.83. The Bertz CT molecular complexity index is 573. The number of nitrogens with one attached hydrogen (secondary N) is 1. The first-order valence-electron chi connectivity index (χ1n) is 6.29. The zero-order chi connectivity index (χ0) is 15.7. The summed E-state index contributed by atoms with van der Waals surface area (Å²) < 4.78 is 9.54. The van der Waals surface area contributed by atoms with E-state index >= 15 is 0 Å². The molecule has 110 valence electrons. The van der Waals surface area contributed by atoms with Gasteiger partial charge >= 0.3 is 11.9 Å². The first-order valence-corrected chi connectivity index (χ1v) is 6.29. The van der Waals surface area contributed by atoms with Crippen LogP contribution in [0.3, 0.4) is 0 Å². The molecule has 0 aliphatic rings.